The van der Waals surface area contributed by atoms with E-state index in [1.165, 1.54) is 0 Å². The lowest BCUT2D eigenvalue weighted by molar-refractivity contribution is -0.119. The average molecular weight is 225 g/mol. The fourth-order valence-corrected chi connectivity index (χ4v) is 2.17. The maximum absolute atomic E-state index is 11.9. The molecular weight excluding hydrogens is 198 g/mol. The second-order valence-electron chi connectivity index (χ2n) is 6.37. The van der Waals surface area contributed by atoms with Crippen LogP contribution >= 0.6 is 0 Å². The number of allylic oxidation sites excluding steroid dienone is 1. The molecule has 1 amide bonds. The summed E-state index contributed by atoms with van der Waals surface area (Å²) in [6.45, 7) is 14.6. The maximum Gasteiger partial charge on any atom is 0.247 e. The molecule has 0 aromatic heterocycles. The molecule has 0 saturated carbocycles. The first-order valence-corrected chi connectivity index (χ1v) is 6.07. The molecule has 0 fully saturated rings. The minimum Gasteiger partial charge on any atom is -0.347 e. The number of hydrogen-bond donors (Lipinski definition) is 1. The predicted octanol–water partition coefficient (Wildman–Crippen LogP) is 3.67. The molecule has 0 heterocycles. The summed E-state index contributed by atoms with van der Waals surface area (Å²) in [5.41, 5.74) is 0.877. The highest BCUT2D eigenvalue weighted by molar-refractivity contribution is 5.93. The second-order valence-corrected chi connectivity index (χ2v) is 6.37. The summed E-state index contributed by atoms with van der Waals surface area (Å²) in [5, 5.41) is 3.09. The van der Waals surface area contributed by atoms with Crippen LogP contribution in [-0.2, 0) is 4.79 Å². The highest BCUT2D eigenvalue weighted by Gasteiger charge is 2.27. The number of rotatable bonds is 4. The summed E-state index contributed by atoms with van der Waals surface area (Å²) in [6, 6.07) is 0. The van der Waals surface area contributed by atoms with Gasteiger partial charge in [0.05, 0.1) is 0 Å². The number of amides is 1. The van der Waals surface area contributed by atoms with Crippen LogP contribution in [0.5, 0.6) is 0 Å². The molecule has 2 nitrogen and oxygen atoms in total. The van der Waals surface area contributed by atoms with E-state index in [2.05, 4.69) is 39.9 Å². The third-order valence-corrected chi connectivity index (χ3v) is 2.29. The quantitative estimate of drug-likeness (QED) is 0.727. The van der Waals surface area contributed by atoms with E-state index in [-0.39, 0.29) is 16.9 Å². The van der Waals surface area contributed by atoms with Crippen LogP contribution in [0.2, 0.25) is 0 Å². The molecule has 1 N–H and O–H groups in total. The van der Waals surface area contributed by atoms with Crippen molar-refractivity contribution in [2.24, 2.45) is 5.41 Å². The van der Waals surface area contributed by atoms with Crippen molar-refractivity contribution in [1.82, 2.24) is 5.32 Å². The van der Waals surface area contributed by atoms with Crippen molar-refractivity contribution >= 4 is 5.91 Å². The predicted molar refractivity (Wildman–Crippen MR) is 70.3 cm³/mol. The average Bonchev–Trinajstić information content (AvgIpc) is 1.98. The van der Waals surface area contributed by atoms with Crippen LogP contribution in [0.3, 0.4) is 0 Å². The van der Waals surface area contributed by atoms with Gasteiger partial charge >= 0.3 is 0 Å². The molecule has 0 radical (unpaired) electrons. The van der Waals surface area contributed by atoms with Crippen molar-refractivity contribution in [2.75, 3.05) is 0 Å². The molecule has 0 atom stereocenters. The largest absolute Gasteiger partial charge is 0.347 e. The summed E-state index contributed by atoms with van der Waals surface area (Å²) < 4.78 is 0. The standard InChI is InChI=1S/C14H27NO/c1-8-9-11(2)12(16)15-14(6,7)10-13(3,4)5/h9H,8,10H2,1-7H3,(H,15,16). The first kappa shape index (κ1) is 15.2. The number of hydrogen-bond acceptors (Lipinski definition) is 1. The van der Waals surface area contributed by atoms with E-state index in [9.17, 15) is 4.79 Å². The van der Waals surface area contributed by atoms with Crippen LogP contribution in [0, 0.1) is 5.41 Å². The van der Waals surface area contributed by atoms with Gasteiger partial charge in [0.15, 0.2) is 0 Å². The molecule has 0 saturated heterocycles. The van der Waals surface area contributed by atoms with Crippen molar-refractivity contribution < 1.29 is 4.79 Å². The van der Waals surface area contributed by atoms with E-state index in [0.29, 0.717) is 0 Å². The number of nitrogens with one attached hydrogen (secondary N) is 1. The highest BCUT2D eigenvalue weighted by Crippen LogP contribution is 2.26. The van der Waals surface area contributed by atoms with Gasteiger partial charge in [-0.15, -0.1) is 0 Å². The number of carbonyl (C=O) groups is 1. The molecule has 16 heavy (non-hydrogen) atoms. The lowest BCUT2D eigenvalue weighted by Crippen LogP contribution is -2.46. The van der Waals surface area contributed by atoms with Gasteiger partial charge < -0.3 is 5.32 Å². The topological polar surface area (TPSA) is 29.1 Å². The van der Waals surface area contributed by atoms with Gasteiger partial charge in [-0.2, -0.15) is 0 Å². The Kier molecular flexibility index (Phi) is 5.24. The minimum absolute atomic E-state index is 0.0519. The first-order valence-electron chi connectivity index (χ1n) is 6.07. The fraction of sp³-hybridized carbons (Fsp3) is 0.786. The number of carbonyl (C=O) groups excluding carboxylic acids is 1. The Morgan fingerprint density at radius 1 is 1.19 bits per heavy atom. The Balaban J connectivity index is 4.48. The zero-order valence-electron chi connectivity index (χ0n) is 11.9. The molecule has 94 valence electrons. The van der Waals surface area contributed by atoms with E-state index in [1.807, 2.05) is 19.9 Å². The van der Waals surface area contributed by atoms with E-state index in [0.717, 1.165) is 18.4 Å². The van der Waals surface area contributed by atoms with E-state index >= 15 is 0 Å². The Morgan fingerprint density at radius 2 is 1.69 bits per heavy atom. The summed E-state index contributed by atoms with van der Waals surface area (Å²) >= 11 is 0. The van der Waals surface area contributed by atoms with Crippen molar-refractivity contribution in [3.05, 3.63) is 11.6 Å². The van der Waals surface area contributed by atoms with Gasteiger partial charge in [0, 0.05) is 11.1 Å². The van der Waals surface area contributed by atoms with Crippen LogP contribution < -0.4 is 5.32 Å². The molecule has 0 aliphatic carbocycles. The summed E-state index contributed by atoms with van der Waals surface area (Å²) in [7, 11) is 0. The van der Waals surface area contributed by atoms with Gasteiger partial charge in [-0.3, -0.25) is 4.79 Å². The summed E-state index contributed by atoms with van der Waals surface area (Å²) in [4.78, 5) is 11.9. The van der Waals surface area contributed by atoms with Crippen molar-refractivity contribution in [3.63, 3.8) is 0 Å². The van der Waals surface area contributed by atoms with Crippen LogP contribution in [0.4, 0.5) is 0 Å². The van der Waals surface area contributed by atoms with Gasteiger partial charge in [-0.1, -0.05) is 33.8 Å². The second kappa shape index (κ2) is 5.51. The van der Waals surface area contributed by atoms with Crippen molar-refractivity contribution in [3.8, 4) is 0 Å². The lowest BCUT2D eigenvalue weighted by atomic mass is 9.81. The molecule has 0 aromatic rings. The monoisotopic (exact) mass is 225 g/mol. The van der Waals surface area contributed by atoms with E-state index in [1.54, 1.807) is 0 Å². The van der Waals surface area contributed by atoms with Crippen molar-refractivity contribution in [2.45, 2.75) is 66.8 Å². The van der Waals surface area contributed by atoms with Crippen LogP contribution in [0.1, 0.15) is 61.3 Å². The fourth-order valence-electron chi connectivity index (χ4n) is 2.17. The van der Waals surface area contributed by atoms with Crippen LogP contribution in [0.25, 0.3) is 0 Å². The van der Waals surface area contributed by atoms with Gasteiger partial charge in [-0.25, -0.2) is 0 Å². The smallest absolute Gasteiger partial charge is 0.247 e. The maximum atomic E-state index is 11.9. The van der Waals surface area contributed by atoms with Gasteiger partial charge in [0.1, 0.15) is 0 Å². The third kappa shape index (κ3) is 6.65. The molecule has 0 unspecified atom stereocenters. The SMILES string of the molecule is CCC=C(C)C(=O)NC(C)(C)CC(C)(C)C. The molecule has 0 aromatic carbocycles. The molecule has 0 spiro atoms. The summed E-state index contributed by atoms with van der Waals surface area (Å²) in [5.74, 6) is 0.0519. The zero-order chi connectivity index (χ0) is 13.0. The Bertz CT molecular complexity index is 269. The molecule has 0 aliphatic rings. The third-order valence-electron chi connectivity index (χ3n) is 2.29. The zero-order valence-corrected chi connectivity index (χ0v) is 11.9. The Hall–Kier alpha value is -0.790. The Morgan fingerprint density at radius 3 is 2.06 bits per heavy atom. The van der Waals surface area contributed by atoms with Crippen LogP contribution in [-0.4, -0.2) is 11.4 Å². The first-order chi connectivity index (χ1) is 7.07. The normalized spacial score (nSPS) is 13.8. The van der Waals surface area contributed by atoms with Crippen molar-refractivity contribution in [1.29, 1.82) is 0 Å². The minimum atomic E-state index is -0.155. The van der Waals surface area contributed by atoms with Gasteiger partial charge in [-0.05, 0) is 39.0 Å². The van der Waals surface area contributed by atoms with E-state index < -0.39 is 0 Å². The molecule has 0 bridgehead atoms. The molecule has 0 rings (SSSR count). The highest BCUT2D eigenvalue weighted by atomic mass is 16.1. The van der Waals surface area contributed by atoms with Gasteiger partial charge in [0.2, 0.25) is 5.91 Å². The summed E-state index contributed by atoms with van der Waals surface area (Å²) in [6.07, 6.45) is 3.83. The van der Waals surface area contributed by atoms with E-state index in [4.69, 9.17) is 0 Å². The Labute approximate surface area is 101 Å². The van der Waals surface area contributed by atoms with Crippen LogP contribution in [0.15, 0.2) is 11.6 Å². The lowest BCUT2D eigenvalue weighted by Gasteiger charge is -2.33. The molecule has 2 heteroatoms. The van der Waals surface area contributed by atoms with Gasteiger partial charge in [0.25, 0.3) is 0 Å². The molecule has 0 aliphatic heterocycles. The molecular formula is C14H27NO.